The molecule has 11 heteroatoms. The fourth-order valence-corrected chi connectivity index (χ4v) is 4.33. The molecule has 0 spiro atoms. The van der Waals surface area contributed by atoms with Crippen LogP contribution in [0.4, 0.5) is 28.8 Å². The number of nitrogens with one attached hydrogen (secondary N) is 2. The second-order valence-electron chi connectivity index (χ2n) is 10.9. The lowest BCUT2D eigenvalue weighted by Gasteiger charge is -2.20. The van der Waals surface area contributed by atoms with Crippen LogP contribution in [0.25, 0.3) is 6.08 Å². The molecule has 3 aromatic rings. The number of fused-ring (bicyclic) bond motifs is 2. The molecule has 1 aromatic heterocycles. The minimum atomic E-state index is -0.604. The van der Waals surface area contributed by atoms with E-state index in [0.717, 1.165) is 16.9 Å². The molecule has 0 saturated heterocycles. The minimum absolute atomic E-state index is 0.165. The van der Waals surface area contributed by atoms with E-state index in [1.807, 2.05) is 75.4 Å². The number of carbonyl (C=O) groups is 1. The SMILES string of the molecule is CC(C)(C)C(=O)OCC1C=Cc2c(Nc3ccccc3N)nc(Nc3ccc4c(c3)OCCOCCOCCO4)nc21. The van der Waals surface area contributed by atoms with Gasteiger partial charge in [0.25, 0.3) is 0 Å². The van der Waals surface area contributed by atoms with Crippen LogP contribution in [0.2, 0.25) is 0 Å². The zero-order valence-corrected chi connectivity index (χ0v) is 24.1. The zero-order chi connectivity index (χ0) is 29.5. The van der Waals surface area contributed by atoms with Gasteiger partial charge in [-0.3, -0.25) is 4.79 Å². The Balaban J connectivity index is 1.43. The summed E-state index contributed by atoms with van der Waals surface area (Å²) >= 11 is 0. The molecule has 2 aromatic carbocycles. The maximum absolute atomic E-state index is 12.5. The summed E-state index contributed by atoms with van der Waals surface area (Å²) in [5.74, 6) is 1.58. The highest BCUT2D eigenvalue weighted by molar-refractivity contribution is 5.80. The van der Waals surface area contributed by atoms with E-state index in [1.165, 1.54) is 0 Å². The molecular formula is C31H37N5O6. The molecule has 1 unspecified atom stereocenters. The Kier molecular flexibility index (Phi) is 9.09. The lowest BCUT2D eigenvalue weighted by atomic mass is 9.97. The van der Waals surface area contributed by atoms with Crippen molar-refractivity contribution in [2.24, 2.45) is 5.41 Å². The van der Waals surface area contributed by atoms with Gasteiger partial charge in [-0.15, -0.1) is 0 Å². The first-order valence-electron chi connectivity index (χ1n) is 14.0. The maximum atomic E-state index is 12.5. The summed E-state index contributed by atoms with van der Waals surface area (Å²) in [6, 6.07) is 13.0. The van der Waals surface area contributed by atoms with Crippen molar-refractivity contribution < 1.29 is 28.5 Å². The fraction of sp³-hybridized carbons (Fsp3) is 0.387. The standard InChI is InChI=1S/C31H37N5O6/c1-31(2,3)29(37)42-19-20-8-10-22-27(20)35-30(36-28(22)34-24-7-5-4-6-23(24)32)33-21-9-11-25-26(18-21)41-17-15-39-13-12-38-14-16-40-25/h4-11,18,20H,12-17,19,32H2,1-3H3,(H2,33,34,35,36). The van der Waals surface area contributed by atoms with Crippen LogP contribution >= 0.6 is 0 Å². The first-order valence-corrected chi connectivity index (χ1v) is 14.0. The molecule has 2 aliphatic rings. The average Bonchev–Trinajstić information content (AvgIpc) is 3.36. The van der Waals surface area contributed by atoms with Crippen LogP contribution in [0, 0.1) is 5.41 Å². The Morgan fingerprint density at radius 3 is 2.40 bits per heavy atom. The van der Waals surface area contributed by atoms with Crippen LogP contribution in [0.3, 0.4) is 0 Å². The second-order valence-corrected chi connectivity index (χ2v) is 10.9. The van der Waals surface area contributed by atoms with Crippen molar-refractivity contribution in [3.63, 3.8) is 0 Å². The molecule has 0 radical (unpaired) electrons. The number of para-hydroxylation sites is 2. The highest BCUT2D eigenvalue weighted by Crippen LogP contribution is 2.37. The number of nitrogen functional groups attached to an aromatic ring is 1. The van der Waals surface area contributed by atoms with Crippen molar-refractivity contribution in [3.8, 4) is 11.5 Å². The van der Waals surface area contributed by atoms with E-state index in [9.17, 15) is 4.79 Å². The molecule has 11 nitrogen and oxygen atoms in total. The number of rotatable bonds is 6. The summed E-state index contributed by atoms with van der Waals surface area (Å²) in [5.41, 5.74) is 9.15. The smallest absolute Gasteiger partial charge is 0.311 e. The summed E-state index contributed by atoms with van der Waals surface area (Å²) < 4.78 is 28.6. The van der Waals surface area contributed by atoms with Crippen LogP contribution < -0.4 is 25.8 Å². The number of benzene rings is 2. The molecule has 0 fully saturated rings. The third-order valence-corrected chi connectivity index (χ3v) is 6.58. The number of anilines is 5. The molecular weight excluding hydrogens is 538 g/mol. The number of esters is 1. The van der Waals surface area contributed by atoms with Gasteiger partial charge in [0.15, 0.2) is 11.5 Å². The van der Waals surface area contributed by atoms with Gasteiger partial charge in [0, 0.05) is 17.3 Å². The van der Waals surface area contributed by atoms with Gasteiger partial charge in [-0.25, -0.2) is 4.98 Å². The maximum Gasteiger partial charge on any atom is 0.311 e. The van der Waals surface area contributed by atoms with Crippen LogP contribution in [-0.4, -0.2) is 62.2 Å². The van der Waals surface area contributed by atoms with Crippen LogP contribution in [-0.2, 0) is 19.0 Å². The van der Waals surface area contributed by atoms with E-state index in [1.54, 1.807) is 0 Å². The van der Waals surface area contributed by atoms with E-state index >= 15 is 0 Å². The van der Waals surface area contributed by atoms with Gasteiger partial charge < -0.3 is 40.1 Å². The first kappa shape index (κ1) is 29.2. The van der Waals surface area contributed by atoms with Gasteiger partial charge in [-0.1, -0.05) is 24.3 Å². The Morgan fingerprint density at radius 1 is 0.952 bits per heavy atom. The van der Waals surface area contributed by atoms with Crippen LogP contribution in [0.5, 0.6) is 11.5 Å². The molecule has 1 atom stereocenters. The molecule has 4 N–H and O–H groups in total. The Hall–Kier alpha value is -4.35. The molecule has 1 aliphatic carbocycles. The predicted octanol–water partition coefficient (Wildman–Crippen LogP) is 5.05. The molecule has 42 heavy (non-hydrogen) atoms. The van der Waals surface area contributed by atoms with Gasteiger partial charge in [0.2, 0.25) is 5.95 Å². The lowest BCUT2D eigenvalue weighted by Crippen LogP contribution is -2.24. The molecule has 0 bridgehead atoms. The van der Waals surface area contributed by atoms with Gasteiger partial charge in [0.05, 0.1) is 54.8 Å². The third-order valence-electron chi connectivity index (χ3n) is 6.58. The zero-order valence-electron chi connectivity index (χ0n) is 24.1. The topological polar surface area (TPSA) is 139 Å². The highest BCUT2D eigenvalue weighted by Gasteiger charge is 2.28. The summed E-state index contributed by atoms with van der Waals surface area (Å²) in [6.07, 6.45) is 3.91. The highest BCUT2D eigenvalue weighted by atomic mass is 16.6. The summed E-state index contributed by atoms with van der Waals surface area (Å²) in [5, 5.41) is 6.65. The van der Waals surface area contributed by atoms with Gasteiger partial charge >= 0.3 is 5.97 Å². The molecule has 0 saturated carbocycles. The molecule has 5 rings (SSSR count). The van der Waals surface area contributed by atoms with Crippen molar-refractivity contribution in [2.75, 3.05) is 62.6 Å². The Morgan fingerprint density at radius 2 is 1.67 bits per heavy atom. The molecule has 222 valence electrons. The van der Waals surface area contributed by atoms with Crippen molar-refractivity contribution in [1.82, 2.24) is 9.97 Å². The number of nitrogens with zero attached hydrogens (tertiary/aromatic N) is 2. The average molecular weight is 576 g/mol. The quantitative estimate of drug-likeness (QED) is 0.269. The number of nitrogens with two attached hydrogens (primary N) is 1. The van der Waals surface area contributed by atoms with Gasteiger partial charge in [-0.2, -0.15) is 4.98 Å². The summed E-state index contributed by atoms with van der Waals surface area (Å²) in [6.45, 7) is 8.31. The van der Waals surface area contributed by atoms with E-state index in [4.69, 9.17) is 39.4 Å². The van der Waals surface area contributed by atoms with Crippen LogP contribution in [0.15, 0.2) is 48.5 Å². The Bertz CT molecular complexity index is 1440. The number of ether oxygens (including phenoxy) is 5. The van der Waals surface area contributed by atoms with Gasteiger partial charge in [-0.05, 0) is 45.0 Å². The lowest BCUT2D eigenvalue weighted by molar-refractivity contribution is -0.153. The number of aromatic nitrogens is 2. The Labute approximate surface area is 245 Å². The fourth-order valence-electron chi connectivity index (χ4n) is 4.33. The minimum Gasteiger partial charge on any atom is -0.487 e. The van der Waals surface area contributed by atoms with Crippen molar-refractivity contribution >= 4 is 40.9 Å². The molecule has 1 aliphatic heterocycles. The van der Waals surface area contributed by atoms with Crippen molar-refractivity contribution in [3.05, 3.63) is 59.8 Å². The summed E-state index contributed by atoms with van der Waals surface area (Å²) in [4.78, 5) is 22.1. The first-order chi connectivity index (χ1) is 20.3. The summed E-state index contributed by atoms with van der Waals surface area (Å²) in [7, 11) is 0. The predicted molar refractivity (Wildman–Crippen MR) is 161 cm³/mol. The van der Waals surface area contributed by atoms with E-state index < -0.39 is 5.41 Å². The third kappa shape index (κ3) is 7.29. The van der Waals surface area contributed by atoms with E-state index in [2.05, 4.69) is 10.6 Å². The largest absolute Gasteiger partial charge is 0.487 e. The second kappa shape index (κ2) is 13.1. The molecule has 2 heterocycles. The number of hydrogen-bond donors (Lipinski definition) is 3. The monoisotopic (exact) mass is 575 g/mol. The van der Waals surface area contributed by atoms with E-state index in [0.29, 0.717) is 74.3 Å². The normalized spacial score (nSPS) is 17.0. The number of hydrogen-bond acceptors (Lipinski definition) is 11. The van der Waals surface area contributed by atoms with Crippen molar-refractivity contribution in [2.45, 2.75) is 26.7 Å². The van der Waals surface area contributed by atoms with Crippen molar-refractivity contribution in [1.29, 1.82) is 0 Å². The van der Waals surface area contributed by atoms with Crippen LogP contribution in [0.1, 0.15) is 37.9 Å². The molecule has 0 amide bonds. The van der Waals surface area contributed by atoms with Gasteiger partial charge in [0.1, 0.15) is 25.6 Å². The van der Waals surface area contributed by atoms with E-state index in [-0.39, 0.29) is 18.5 Å². The number of carbonyl (C=O) groups excluding carboxylic acids is 1.